The van der Waals surface area contributed by atoms with E-state index in [2.05, 4.69) is 5.10 Å². The third-order valence-corrected chi connectivity index (χ3v) is 1.79. The zero-order valence-electron chi connectivity index (χ0n) is 7.90. The van der Waals surface area contributed by atoms with Crippen LogP contribution < -0.4 is 0 Å². The standard InChI is InChI=1S/C8H14N3O/c1-6-7(5-10(2)3)8(12)11(4)9-6/h5,7H,1-4H3/q+1. The normalized spacial score (nSPS) is 22.7. The van der Waals surface area contributed by atoms with E-state index in [1.807, 2.05) is 31.8 Å². The van der Waals surface area contributed by atoms with Crippen LogP contribution in [0.1, 0.15) is 6.92 Å². The fourth-order valence-corrected chi connectivity index (χ4v) is 1.20. The van der Waals surface area contributed by atoms with Crippen molar-refractivity contribution in [2.75, 3.05) is 21.1 Å². The summed E-state index contributed by atoms with van der Waals surface area (Å²) in [5, 5.41) is 5.44. The molecule has 0 aromatic carbocycles. The molecule has 0 saturated carbocycles. The van der Waals surface area contributed by atoms with Crippen molar-refractivity contribution in [2.24, 2.45) is 11.0 Å². The van der Waals surface area contributed by atoms with Gasteiger partial charge in [-0.15, -0.1) is 0 Å². The summed E-state index contributed by atoms with van der Waals surface area (Å²) >= 11 is 0. The Morgan fingerprint density at radius 1 is 1.58 bits per heavy atom. The van der Waals surface area contributed by atoms with Crippen LogP contribution in [0.25, 0.3) is 0 Å². The molecule has 12 heavy (non-hydrogen) atoms. The Morgan fingerprint density at radius 2 is 2.17 bits per heavy atom. The fourth-order valence-electron chi connectivity index (χ4n) is 1.20. The van der Waals surface area contributed by atoms with E-state index in [9.17, 15) is 4.79 Å². The van der Waals surface area contributed by atoms with Gasteiger partial charge in [-0.2, -0.15) is 5.10 Å². The average molecular weight is 168 g/mol. The summed E-state index contributed by atoms with van der Waals surface area (Å²) in [5.41, 5.74) is 0.858. The Kier molecular flexibility index (Phi) is 2.26. The smallest absolute Gasteiger partial charge is 0.261 e. The molecule has 1 aliphatic heterocycles. The van der Waals surface area contributed by atoms with Crippen LogP contribution in [0.4, 0.5) is 0 Å². The summed E-state index contributed by atoms with van der Waals surface area (Å²) in [6, 6.07) is 0. The molecule has 0 aliphatic carbocycles. The molecule has 0 saturated heterocycles. The maximum atomic E-state index is 11.4. The highest BCUT2D eigenvalue weighted by molar-refractivity contribution is 6.16. The zero-order valence-corrected chi connectivity index (χ0v) is 7.90. The molecule has 4 heteroatoms. The van der Waals surface area contributed by atoms with Crippen molar-refractivity contribution in [2.45, 2.75) is 6.92 Å². The van der Waals surface area contributed by atoms with E-state index in [0.717, 1.165) is 5.71 Å². The summed E-state index contributed by atoms with van der Waals surface area (Å²) < 4.78 is 1.88. The predicted molar refractivity (Wildman–Crippen MR) is 47.5 cm³/mol. The van der Waals surface area contributed by atoms with Crippen molar-refractivity contribution in [1.29, 1.82) is 0 Å². The van der Waals surface area contributed by atoms with Crippen molar-refractivity contribution in [3.63, 3.8) is 0 Å². The summed E-state index contributed by atoms with van der Waals surface area (Å²) in [6.07, 6.45) is 1.87. The van der Waals surface area contributed by atoms with Gasteiger partial charge in [0.2, 0.25) is 0 Å². The van der Waals surface area contributed by atoms with Crippen LogP contribution in [0.3, 0.4) is 0 Å². The van der Waals surface area contributed by atoms with Crippen molar-refractivity contribution in [3.05, 3.63) is 0 Å². The van der Waals surface area contributed by atoms with Gasteiger partial charge >= 0.3 is 0 Å². The molecule has 0 bridgehead atoms. The topological polar surface area (TPSA) is 35.7 Å². The third kappa shape index (κ3) is 1.52. The quantitative estimate of drug-likeness (QED) is 0.394. The monoisotopic (exact) mass is 168 g/mol. The van der Waals surface area contributed by atoms with Crippen molar-refractivity contribution in [1.82, 2.24) is 5.01 Å². The molecule has 1 aliphatic rings. The van der Waals surface area contributed by atoms with Crippen LogP contribution in [0.2, 0.25) is 0 Å². The lowest BCUT2D eigenvalue weighted by atomic mass is 10.1. The van der Waals surface area contributed by atoms with Crippen LogP contribution in [-0.2, 0) is 4.79 Å². The van der Waals surface area contributed by atoms with Gasteiger partial charge in [0.25, 0.3) is 5.91 Å². The molecule has 1 rings (SSSR count). The molecule has 1 atom stereocenters. The molecule has 0 radical (unpaired) electrons. The molecule has 4 nitrogen and oxygen atoms in total. The highest BCUT2D eigenvalue weighted by atomic mass is 16.2. The minimum atomic E-state index is -0.162. The maximum absolute atomic E-state index is 11.4. The molecule has 0 spiro atoms. The first kappa shape index (κ1) is 8.90. The molecule has 1 unspecified atom stereocenters. The van der Waals surface area contributed by atoms with Crippen LogP contribution in [-0.4, -0.2) is 48.6 Å². The van der Waals surface area contributed by atoms with Gasteiger partial charge in [-0.3, -0.25) is 4.79 Å². The number of rotatable bonds is 1. The van der Waals surface area contributed by atoms with Gasteiger partial charge in [-0.25, -0.2) is 9.58 Å². The van der Waals surface area contributed by atoms with E-state index in [1.54, 1.807) is 7.05 Å². The molecule has 1 heterocycles. The Labute approximate surface area is 72.2 Å². The van der Waals surface area contributed by atoms with E-state index < -0.39 is 0 Å². The number of amides is 1. The van der Waals surface area contributed by atoms with Crippen LogP contribution in [0.5, 0.6) is 0 Å². The summed E-state index contributed by atoms with van der Waals surface area (Å²) in [5.74, 6) is -0.119. The minimum Gasteiger partial charge on any atom is -0.272 e. The van der Waals surface area contributed by atoms with E-state index >= 15 is 0 Å². The molecule has 0 fully saturated rings. The third-order valence-electron chi connectivity index (χ3n) is 1.79. The van der Waals surface area contributed by atoms with Gasteiger partial charge in [0, 0.05) is 7.05 Å². The van der Waals surface area contributed by atoms with Crippen LogP contribution in [0.15, 0.2) is 5.10 Å². The second-order valence-electron chi connectivity index (χ2n) is 3.19. The van der Waals surface area contributed by atoms with Gasteiger partial charge in [0.1, 0.15) is 14.1 Å². The number of hydrazone groups is 1. The van der Waals surface area contributed by atoms with Crippen molar-refractivity contribution in [3.8, 4) is 0 Å². The maximum Gasteiger partial charge on any atom is 0.261 e. The number of hydrogen-bond acceptors (Lipinski definition) is 2. The number of hydrogen-bond donors (Lipinski definition) is 0. The van der Waals surface area contributed by atoms with Gasteiger partial charge in [-0.05, 0) is 6.92 Å². The highest BCUT2D eigenvalue weighted by Gasteiger charge is 2.32. The van der Waals surface area contributed by atoms with Crippen LogP contribution in [0, 0.1) is 5.92 Å². The predicted octanol–water partition coefficient (Wildman–Crippen LogP) is -0.207. The first-order chi connectivity index (χ1) is 5.52. The lowest BCUT2D eigenvalue weighted by Crippen LogP contribution is -2.27. The molecule has 0 N–H and O–H groups in total. The van der Waals surface area contributed by atoms with Gasteiger partial charge in [0.15, 0.2) is 12.1 Å². The molecule has 66 valence electrons. The Balaban J connectivity index is 2.87. The second-order valence-corrected chi connectivity index (χ2v) is 3.19. The van der Waals surface area contributed by atoms with Crippen molar-refractivity contribution >= 4 is 17.8 Å². The van der Waals surface area contributed by atoms with E-state index in [-0.39, 0.29) is 11.8 Å². The first-order valence-electron chi connectivity index (χ1n) is 3.86. The van der Waals surface area contributed by atoms with E-state index in [0.29, 0.717) is 0 Å². The Hall–Kier alpha value is -1.19. The average Bonchev–Trinajstić information content (AvgIpc) is 2.16. The number of carbonyl (C=O) groups is 1. The van der Waals surface area contributed by atoms with Crippen LogP contribution >= 0.6 is 0 Å². The van der Waals surface area contributed by atoms with Crippen molar-refractivity contribution < 1.29 is 9.37 Å². The minimum absolute atomic E-state index is 0.0428. The second kappa shape index (κ2) is 3.05. The van der Waals surface area contributed by atoms with Gasteiger partial charge in [-0.1, -0.05) is 0 Å². The Morgan fingerprint density at radius 3 is 2.50 bits per heavy atom. The lowest BCUT2D eigenvalue weighted by molar-refractivity contribution is -0.460. The summed E-state index contributed by atoms with van der Waals surface area (Å²) in [4.78, 5) is 11.4. The Bertz CT molecular complexity index is 263. The summed E-state index contributed by atoms with van der Waals surface area (Å²) in [7, 11) is 5.48. The lowest BCUT2D eigenvalue weighted by Gasteiger charge is -2.02. The van der Waals surface area contributed by atoms with Gasteiger partial charge < -0.3 is 0 Å². The molecular weight excluding hydrogens is 154 g/mol. The largest absolute Gasteiger partial charge is 0.272 e. The molecular formula is C8H14N3O+. The van der Waals surface area contributed by atoms with Gasteiger partial charge in [0.05, 0.1) is 5.71 Å². The fraction of sp³-hybridized carbons (Fsp3) is 0.625. The molecule has 0 aromatic heterocycles. The number of carbonyl (C=O) groups excluding carboxylic acids is 1. The van der Waals surface area contributed by atoms with E-state index in [4.69, 9.17) is 0 Å². The number of nitrogens with zero attached hydrogens (tertiary/aromatic N) is 3. The first-order valence-corrected chi connectivity index (χ1v) is 3.86. The molecule has 0 aromatic rings. The molecule has 1 amide bonds. The highest BCUT2D eigenvalue weighted by Crippen LogP contribution is 2.10. The zero-order chi connectivity index (χ0) is 9.30. The SMILES string of the molecule is CC1=NN(C)C(=O)C1C=[N+](C)C. The van der Waals surface area contributed by atoms with E-state index in [1.165, 1.54) is 5.01 Å². The summed E-state index contributed by atoms with van der Waals surface area (Å²) in [6.45, 7) is 1.87.